The summed E-state index contributed by atoms with van der Waals surface area (Å²) in [7, 11) is 0. The largest absolute Gasteiger partial charge is 0.477 e. The van der Waals surface area contributed by atoms with Crippen molar-refractivity contribution in [3.63, 3.8) is 0 Å². The third-order valence-corrected chi connectivity index (χ3v) is 4.03. The summed E-state index contributed by atoms with van der Waals surface area (Å²) in [5.41, 5.74) is 3.10. The van der Waals surface area contributed by atoms with E-state index in [-0.39, 0.29) is 44.2 Å². The van der Waals surface area contributed by atoms with Gasteiger partial charge in [-0.25, -0.2) is 9.78 Å². The van der Waals surface area contributed by atoms with Gasteiger partial charge in [0.25, 0.3) is 0 Å². The summed E-state index contributed by atoms with van der Waals surface area (Å²) in [4.78, 5) is 17.8. The molecule has 0 saturated carbocycles. The maximum Gasteiger partial charge on any atom is 0.354 e. The van der Waals surface area contributed by atoms with Crippen LogP contribution in [-0.2, 0) is 20.1 Å². The molecule has 0 spiro atoms. The Kier molecular flexibility index (Phi) is 6.65. The number of aryl methyl sites for hydroxylation is 2. The van der Waals surface area contributed by atoms with Gasteiger partial charge in [0.15, 0.2) is 0 Å². The molecule has 1 radical (unpaired) electrons. The second-order valence-electron chi connectivity index (χ2n) is 6.09. The number of aromatic nitrogens is 3. The predicted molar refractivity (Wildman–Crippen MR) is 108 cm³/mol. The first kappa shape index (κ1) is 18.9. The number of carboxylic acid groups (broad SMARTS) is 1. The zero-order valence-corrected chi connectivity index (χ0v) is 18.5. The molecule has 0 unspecified atom stereocenters. The van der Waals surface area contributed by atoms with Crippen LogP contribution in [0.25, 0.3) is 17.1 Å². The van der Waals surface area contributed by atoms with E-state index >= 15 is 0 Å². The third-order valence-electron chi connectivity index (χ3n) is 4.03. The molecule has 0 saturated heterocycles. The Bertz CT molecular complexity index is 1260. The van der Waals surface area contributed by atoms with Gasteiger partial charge >= 0.3 is 5.97 Å². The fourth-order valence-electron chi connectivity index (χ4n) is 2.72. The van der Waals surface area contributed by atoms with Crippen LogP contribution in [0.2, 0.25) is 0 Å². The monoisotopic (exact) mass is 584 g/mol. The average Bonchev–Trinajstić information content (AvgIpc) is 3.06. The maximum absolute atomic E-state index is 13.3. The number of halogens is 1. The SMILES string of the molecule is O=C(O)c1ccccn1.[2H]c1cc(-c2nc([2H])c([2H])n2-c2c(C)cccc2C)[c-]cc1F.[Ir]. The van der Waals surface area contributed by atoms with Gasteiger partial charge in [-0.3, -0.25) is 9.37 Å². The van der Waals surface area contributed by atoms with Crippen molar-refractivity contribution in [3.8, 4) is 17.1 Å². The minimum atomic E-state index is -0.990. The van der Waals surface area contributed by atoms with Gasteiger partial charge < -0.3 is 9.67 Å². The van der Waals surface area contributed by atoms with Gasteiger partial charge in [-0.15, -0.1) is 29.8 Å². The molecule has 0 amide bonds. The Morgan fingerprint density at radius 2 is 1.87 bits per heavy atom. The normalized spacial score (nSPS) is 11.2. The Labute approximate surface area is 191 Å². The Morgan fingerprint density at radius 1 is 1.13 bits per heavy atom. The van der Waals surface area contributed by atoms with Crippen LogP contribution in [0.15, 0.2) is 73.1 Å². The summed E-state index contributed by atoms with van der Waals surface area (Å²) in [6.07, 6.45) is 1.22. The molecule has 155 valence electrons. The van der Waals surface area contributed by atoms with Crippen LogP contribution in [0.1, 0.15) is 25.7 Å². The second kappa shape index (κ2) is 10.6. The van der Waals surface area contributed by atoms with E-state index in [1.807, 2.05) is 32.0 Å². The van der Waals surface area contributed by atoms with Gasteiger partial charge in [0.05, 0.1) is 8.57 Å². The van der Waals surface area contributed by atoms with E-state index in [9.17, 15) is 9.18 Å². The van der Waals surface area contributed by atoms with Crippen molar-refractivity contribution < 1.29 is 38.5 Å². The number of carboxylic acids is 1. The van der Waals surface area contributed by atoms with E-state index < -0.39 is 11.8 Å². The predicted octanol–water partition coefficient (Wildman–Crippen LogP) is 4.87. The first-order valence-corrected chi connectivity index (χ1v) is 8.65. The average molecular weight is 584 g/mol. The maximum atomic E-state index is 13.3. The van der Waals surface area contributed by atoms with Crippen LogP contribution in [0.4, 0.5) is 4.39 Å². The number of nitrogens with zero attached hydrogens (tertiary/aromatic N) is 3. The molecule has 0 aliphatic heterocycles. The van der Waals surface area contributed by atoms with Crippen molar-refractivity contribution in [2.45, 2.75) is 13.8 Å². The number of aromatic carboxylic acids is 1. The smallest absolute Gasteiger partial charge is 0.354 e. The summed E-state index contributed by atoms with van der Waals surface area (Å²) < 4.78 is 38.5. The van der Waals surface area contributed by atoms with Gasteiger partial charge in [0.1, 0.15) is 5.69 Å². The first-order chi connectivity index (χ1) is 15.2. The van der Waals surface area contributed by atoms with Crippen LogP contribution in [-0.4, -0.2) is 25.6 Å². The summed E-state index contributed by atoms with van der Waals surface area (Å²) >= 11 is 0. The molecule has 5 nitrogen and oxygen atoms in total. The summed E-state index contributed by atoms with van der Waals surface area (Å²) in [6, 6.07) is 15.4. The van der Waals surface area contributed by atoms with Crippen LogP contribution in [0.3, 0.4) is 0 Å². The number of para-hydroxylation sites is 1. The number of rotatable bonds is 3. The molecule has 30 heavy (non-hydrogen) atoms. The molecule has 7 heteroatoms. The van der Waals surface area contributed by atoms with Gasteiger partial charge in [0.2, 0.25) is 0 Å². The Balaban J connectivity index is 0.000000326. The molecule has 2 aromatic carbocycles. The van der Waals surface area contributed by atoms with Crippen LogP contribution in [0, 0.1) is 25.7 Å². The van der Waals surface area contributed by atoms with Gasteiger partial charge in [0, 0.05) is 51.5 Å². The molecule has 0 aliphatic rings. The standard InChI is InChI=1S/C17H14FN2.C6H5NO2.Ir/c1-12-4-3-5-13(2)16(12)20-11-10-19-17(20)14-6-8-15(18)9-7-14;8-6(9)5-3-1-2-4-7-5;/h3-6,8-11H,1-2H3;1-4H,(H,8,9);/q-1;;/i8D,10D,11D;;. The molecular formula is C23H19FIrN3O2-. The number of carbonyl (C=O) groups is 1. The number of hydrogen-bond donors (Lipinski definition) is 1. The van der Waals surface area contributed by atoms with Gasteiger partial charge in [-0.1, -0.05) is 24.3 Å². The Morgan fingerprint density at radius 3 is 2.43 bits per heavy atom. The summed E-state index contributed by atoms with van der Waals surface area (Å²) in [6.45, 7) is 3.83. The summed E-state index contributed by atoms with van der Waals surface area (Å²) in [5, 5.41) is 8.32. The zero-order valence-electron chi connectivity index (χ0n) is 19.1. The number of imidazole rings is 1. The quantitative estimate of drug-likeness (QED) is 0.350. The fourth-order valence-corrected chi connectivity index (χ4v) is 2.72. The summed E-state index contributed by atoms with van der Waals surface area (Å²) in [5.74, 6) is -1.35. The molecule has 1 N–H and O–H groups in total. The third kappa shape index (κ3) is 5.47. The van der Waals surface area contributed by atoms with E-state index in [1.165, 1.54) is 18.3 Å². The molecular weight excluding hydrogens is 561 g/mol. The fraction of sp³-hybridized carbons (Fsp3) is 0.0870. The van der Waals surface area contributed by atoms with Gasteiger partial charge in [-0.2, -0.15) is 0 Å². The van der Waals surface area contributed by atoms with Crippen molar-refractivity contribution >= 4 is 5.97 Å². The van der Waals surface area contributed by atoms with E-state index in [1.54, 1.807) is 16.7 Å². The number of hydrogen-bond acceptors (Lipinski definition) is 3. The molecule has 4 aromatic rings. The van der Waals surface area contributed by atoms with E-state index in [2.05, 4.69) is 16.0 Å². The van der Waals surface area contributed by atoms with Crippen molar-refractivity contribution in [1.29, 1.82) is 0 Å². The molecule has 0 bridgehead atoms. The Hall–Kier alpha value is -3.15. The van der Waals surface area contributed by atoms with Gasteiger partial charge in [-0.05, 0) is 37.1 Å². The molecule has 4 rings (SSSR count). The van der Waals surface area contributed by atoms with Crippen molar-refractivity contribution in [1.82, 2.24) is 14.5 Å². The minimum absolute atomic E-state index is 0. The number of pyridine rings is 1. The van der Waals surface area contributed by atoms with E-state index in [0.717, 1.165) is 22.9 Å². The van der Waals surface area contributed by atoms with Crippen LogP contribution >= 0.6 is 0 Å². The minimum Gasteiger partial charge on any atom is -0.477 e. The first-order valence-electron chi connectivity index (χ1n) is 10.2. The van der Waals surface area contributed by atoms with E-state index in [0.29, 0.717) is 11.4 Å². The van der Waals surface area contributed by atoms with Crippen molar-refractivity contribution in [2.75, 3.05) is 0 Å². The van der Waals surface area contributed by atoms with Crippen molar-refractivity contribution in [3.05, 3.63) is 102 Å². The van der Waals surface area contributed by atoms with E-state index in [4.69, 9.17) is 9.22 Å². The zero-order chi connectivity index (χ0) is 23.4. The molecule has 0 atom stereocenters. The molecule has 2 aromatic heterocycles. The second-order valence-corrected chi connectivity index (χ2v) is 6.09. The molecule has 2 heterocycles. The molecule has 0 fully saturated rings. The molecule has 0 aliphatic carbocycles. The topological polar surface area (TPSA) is 68.0 Å². The van der Waals surface area contributed by atoms with Crippen LogP contribution < -0.4 is 0 Å². The number of benzene rings is 2. The van der Waals surface area contributed by atoms with Crippen LogP contribution in [0.5, 0.6) is 0 Å². The van der Waals surface area contributed by atoms with Crippen molar-refractivity contribution in [2.24, 2.45) is 0 Å².